The summed E-state index contributed by atoms with van der Waals surface area (Å²) in [6.07, 6.45) is 7.27. The molecule has 2 aliphatic carbocycles. The zero-order chi connectivity index (χ0) is 12.5. The normalized spacial score (nSPS) is 29.3. The smallest absolute Gasteiger partial charge is 0.172 e. The Morgan fingerprint density at radius 1 is 1.39 bits per heavy atom. The average molecular weight is 261 g/mol. The van der Waals surface area contributed by atoms with Crippen molar-refractivity contribution in [3.05, 3.63) is 23.9 Å². The number of hydrogen-bond acceptors (Lipinski definition) is 2. The molecule has 0 aromatic carbocycles. The van der Waals surface area contributed by atoms with Gasteiger partial charge in [-0.05, 0) is 67.9 Å². The number of rotatable bonds is 2. The van der Waals surface area contributed by atoms with Crippen molar-refractivity contribution in [2.75, 3.05) is 5.32 Å². The number of anilines is 1. The van der Waals surface area contributed by atoms with Crippen LogP contribution in [0.3, 0.4) is 0 Å². The predicted octanol–water partition coefficient (Wildman–Crippen LogP) is 2.87. The Bertz CT molecular complexity index is 460. The highest BCUT2D eigenvalue weighted by molar-refractivity contribution is 7.80. The van der Waals surface area contributed by atoms with Crippen molar-refractivity contribution >= 4 is 23.1 Å². The van der Waals surface area contributed by atoms with Gasteiger partial charge in [0.15, 0.2) is 5.11 Å². The molecule has 0 radical (unpaired) electrons. The Kier molecular flexibility index (Phi) is 3.20. The summed E-state index contributed by atoms with van der Waals surface area (Å²) in [7, 11) is 0. The summed E-state index contributed by atoms with van der Waals surface area (Å²) in [4.78, 5) is 4.26. The van der Waals surface area contributed by atoms with Crippen molar-refractivity contribution in [2.24, 2.45) is 11.8 Å². The van der Waals surface area contributed by atoms with E-state index in [0.29, 0.717) is 11.2 Å². The van der Waals surface area contributed by atoms with Gasteiger partial charge in [0.1, 0.15) is 5.82 Å². The summed E-state index contributed by atoms with van der Waals surface area (Å²) in [6.45, 7) is 2.05. The number of pyridine rings is 1. The highest BCUT2D eigenvalue weighted by Crippen LogP contribution is 2.44. The Labute approximate surface area is 113 Å². The number of thiocarbonyl (C=S) groups is 1. The molecular formula is C14H19N3S. The van der Waals surface area contributed by atoms with E-state index < -0.39 is 0 Å². The van der Waals surface area contributed by atoms with Gasteiger partial charge in [-0.15, -0.1) is 0 Å². The van der Waals surface area contributed by atoms with Crippen LogP contribution >= 0.6 is 12.2 Å². The van der Waals surface area contributed by atoms with Gasteiger partial charge in [-0.2, -0.15) is 0 Å². The molecule has 1 aromatic heterocycles. The lowest BCUT2D eigenvalue weighted by atomic mass is 9.96. The van der Waals surface area contributed by atoms with Crippen LogP contribution in [-0.4, -0.2) is 16.1 Å². The topological polar surface area (TPSA) is 37.0 Å². The van der Waals surface area contributed by atoms with Gasteiger partial charge in [0.05, 0.1) is 0 Å². The van der Waals surface area contributed by atoms with Crippen molar-refractivity contribution in [1.29, 1.82) is 0 Å². The Balaban J connectivity index is 1.56. The molecule has 0 spiro atoms. The minimum absolute atomic E-state index is 0.577. The molecule has 0 saturated heterocycles. The molecule has 4 heteroatoms. The Hall–Kier alpha value is -1.16. The van der Waals surface area contributed by atoms with Crippen molar-refractivity contribution in [1.82, 2.24) is 10.3 Å². The monoisotopic (exact) mass is 261 g/mol. The summed E-state index contributed by atoms with van der Waals surface area (Å²) in [5.74, 6) is 2.60. The molecule has 2 bridgehead atoms. The van der Waals surface area contributed by atoms with E-state index in [2.05, 4.69) is 22.5 Å². The SMILES string of the molecule is Cc1ccnc(NC(=S)N[C@@H]2C[C@H]3CC[C@H]2C3)c1. The molecule has 3 nitrogen and oxygen atoms in total. The number of nitrogens with one attached hydrogen (secondary N) is 2. The second-order valence-corrected chi connectivity index (χ2v) is 6.01. The van der Waals surface area contributed by atoms with E-state index in [-0.39, 0.29) is 0 Å². The molecule has 3 atom stereocenters. The first-order valence-electron chi connectivity index (χ1n) is 6.71. The summed E-state index contributed by atoms with van der Waals surface area (Å²) in [5.41, 5.74) is 1.19. The molecule has 0 aliphatic heterocycles. The third-order valence-corrected chi connectivity index (χ3v) is 4.43. The lowest BCUT2D eigenvalue weighted by Gasteiger charge is -2.24. The molecular weight excluding hydrogens is 242 g/mol. The van der Waals surface area contributed by atoms with Gasteiger partial charge in [-0.1, -0.05) is 6.42 Å². The van der Waals surface area contributed by atoms with Crippen molar-refractivity contribution < 1.29 is 0 Å². The maximum absolute atomic E-state index is 5.37. The van der Waals surface area contributed by atoms with E-state index in [1.165, 1.54) is 31.2 Å². The highest BCUT2D eigenvalue weighted by atomic mass is 32.1. The molecule has 96 valence electrons. The van der Waals surface area contributed by atoms with E-state index in [1.54, 1.807) is 6.20 Å². The third-order valence-electron chi connectivity index (χ3n) is 4.21. The fourth-order valence-corrected chi connectivity index (χ4v) is 3.60. The van der Waals surface area contributed by atoms with E-state index in [4.69, 9.17) is 12.2 Å². The highest BCUT2D eigenvalue weighted by Gasteiger charge is 2.39. The zero-order valence-electron chi connectivity index (χ0n) is 10.6. The molecule has 2 saturated carbocycles. The van der Waals surface area contributed by atoms with Crippen LogP contribution in [0.15, 0.2) is 18.3 Å². The zero-order valence-corrected chi connectivity index (χ0v) is 11.5. The van der Waals surface area contributed by atoms with Gasteiger partial charge in [0.2, 0.25) is 0 Å². The number of nitrogens with zero attached hydrogens (tertiary/aromatic N) is 1. The van der Waals surface area contributed by atoms with Crippen LogP contribution in [0.5, 0.6) is 0 Å². The van der Waals surface area contributed by atoms with Crippen LogP contribution < -0.4 is 10.6 Å². The van der Waals surface area contributed by atoms with Gasteiger partial charge >= 0.3 is 0 Å². The number of aromatic nitrogens is 1. The lowest BCUT2D eigenvalue weighted by Crippen LogP contribution is -2.40. The number of hydrogen-bond donors (Lipinski definition) is 2. The van der Waals surface area contributed by atoms with Gasteiger partial charge in [-0.3, -0.25) is 0 Å². The molecule has 3 rings (SSSR count). The summed E-state index contributed by atoms with van der Waals surface area (Å²) >= 11 is 5.37. The first kappa shape index (κ1) is 11.9. The predicted molar refractivity (Wildman–Crippen MR) is 77.6 cm³/mol. The largest absolute Gasteiger partial charge is 0.359 e. The average Bonchev–Trinajstić information content (AvgIpc) is 2.90. The first-order chi connectivity index (χ1) is 8.70. The lowest BCUT2D eigenvalue weighted by molar-refractivity contribution is 0.392. The quantitative estimate of drug-likeness (QED) is 0.803. The summed E-state index contributed by atoms with van der Waals surface area (Å²) in [5, 5.41) is 7.35. The summed E-state index contributed by atoms with van der Waals surface area (Å²) in [6, 6.07) is 4.57. The first-order valence-corrected chi connectivity index (χ1v) is 7.12. The Morgan fingerprint density at radius 3 is 2.94 bits per heavy atom. The molecule has 18 heavy (non-hydrogen) atoms. The number of aryl methyl sites for hydroxylation is 1. The van der Waals surface area contributed by atoms with Crippen LogP contribution in [-0.2, 0) is 0 Å². The van der Waals surface area contributed by atoms with E-state index >= 15 is 0 Å². The fraction of sp³-hybridized carbons (Fsp3) is 0.571. The van der Waals surface area contributed by atoms with Crippen molar-refractivity contribution in [3.8, 4) is 0 Å². The minimum atomic E-state index is 0.577. The molecule has 1 heterocycles. The van der Waals surface area contributed by atoms with Gasteiger partial charge in [0.25, 0.3) is 0 Å². The second-order valence-electron chi connectivity index (χ2n) is 5.60. The van der Waals surface area contributed by atoms with Gasteiger partial charge < -0.3 is 10.6 Å². The van der Waals surface area contributed by atoms with Gasteiger partial charge in [0, 0.05) is 12.2 Å². The maximum atomic E-state index is 5.37. The summed E-state index contributed by atoms with van der Waals surface area (Å²) < 4.78 is 0. The molecule has 1 aromatic rings. The van der Waals surface area contributed by atoms with Crippen LogP contribution in [0.25, 0.3) is 0 Å². The van der Waals surface area contributed by atoms with Crippen LogP contribution in [0, 0.1) is 18.8 Å². The minimum Gasteiger partial charge on any atom is -0.359 e. The van der Waals surface area contributed by atoms with Crippen molar-refractivity contribution in [2.45, 2.75) is 38.6 Å². The fourth-order valence-electron chi connectivity index (χ4n) is 3.35. The maximum Gasteiger partial charge on any atom is 0.172 e. The van der Waals surface area contributed by atoms with Crippen LogP contribution in [0.2, 0.25) is 0 Å². The van der Waals surface area contributed by atoms with E-state index in [1.807, 2.05) is 12.1 Å². The van der Waals surface area contributed by atoms with E-state index in [0.717, 1.165) is 17.7 Å². The third kappa shape index (κ3) is 2.48. The molecule has 2 N–H and O–H groups in total. The van der Waals surface area contributed by atoms with E-state index in [9.17, 15) is 0 Å². The number of fused-ring (bicyclic) bond motifs is 2. The molecule has 2 fully saturated rings. The van der Waals surface area contributed by atoms with Crippen LogP contribution in [0.1, 0.15) is 31.2 Å². The molecule has 0 unspecified atom stereocenters. The standard InChI is InChI=1S/C14H19N3S/c1-9-4-5-15-13(6-9)17-14(18)16-12-8-10-2-3-11(12)7-10/h4-6,10-12H,2-3,7-8H2,1H3,(H2,15,16,17,18)/t10-,11-,12+/m0/s1. The molecule has 2 aliphatic rings. The van der Waals surface area contributed by atoms with Gasteiger partial charge in [-0.25, -0.2) is 4.98 Å². The Morgan fingerprint density at radius 2 is 2.28 bits per heavy atom. The van der Waals surface area contributed by atoms with Crippen LogP contribution in [0.4, 0.5) is 5.82 Å². The second kappa shape index (κ2) is 4.84. The van der Waals surface area contributed by atoms with Crippen molar-refractivity contribution in [3.63, 3.8) is 0 Å². The molecule has 0 amide bonds.